The number of carbonyl (C=O) groups is 2. The predicted octanol–water partition coefficient (Wildman–Crippen LogP) is 1.82. The van der Waals surface area contributed by atoms with Crippen LogP contribution >= 0.6 is 0 Å². The molecule has 0 aliphatic carbocycles. The molecule has 1 aliphatic rings. The van der Waals surface area contributed by atoms with Crippen LogP contribution in [-0.2, 0) is 9.59 Å². The summed E-state index contributed by atoms with van der Waals surface area (Å²) in [6.45, 7) is 7.18. The van der Waals surface area contributed by atoms with Crippen LogP contribution in [0.25, 0.3) is 0 Å². The van der Waals surface area contributed by atoms with E-state index in [1.807, 2.05) is 9.80 Å². The number of carboxylic acids is 1. The van der Waals surface area contributed by atoms with Gasteiger partial charge in [0, 0.05) is 32.1 Å². The fourth-order valence-corrected chi connectivity index (χ4v) is 2.89. The van der Waals surface area contributed by atoms with Crippen LogP contribution in [0.1, 0.15) is 46.0 Å². The zero-order valence-electron chi connectivity index (χ0n) is 12.8. The third-order valence-electron chi connectivity index (χ3n) is 3.88. The third kappa shape index (κ3) is 5.49. The van der Waals surface area contributed by atoms with Crippen molar-refractivity contribution in [3.8, 4) is 0 Å². The van der Waals surface area contributed by atoms with Crippen molar-refractivity contribution < 1.29 is 14.7 Å². The van der Waals surface area contributed by atoms with Gasteiger partial charge in [-0.1, -0.05) is 26.7 Å². The van der Waals surface area contributed by atoms with E-state index in [4.69, 9.17) is 5.11 Å². The number of hydrogen-bond donors (Lipinski definition) is 1. The zero-order valence-corrected chi connectivity index (χ0v) is 12.8. The smallest absolute Gasteiger partial charge is 0.317 e. The molecule has 0 aromatic rings. The molecule has 1 heterocycles. The predicted molar refractivity (Wildman–Crippen MR) is 78.6 cm³/mol. The van der Waals surface area contributed by atoms with Crippen LogP contribution in [0.15, 0.2) is 0 Å². The van der Waals surface area contributed by atoms with Crippen molar-refractivity contribution in [2.45, 2.75) is 46.0 Å². The first-order valence-electron chi connectivity index (χ1n) is 7.81. The van der Waals surface area contributed by atoms with Crippen molar-refractivity contribution >= 4 is 11.9 Å². The van der Waals surface area contributed by atoms with E-state index in [1.54, 1.807) is 0 Å². The van der Waals surface area contributed by atoms with Crippen LogP contribution < -0.4 is 0 Å². The van der Waals surface area contributed by atoms with Crippen molar-refractivity contribution in [1.29, 1.82) is 0 Å². The summed E-state index contributed by atoms with van der Waals surface area (Å²) in [6.07, 6.45) is 4.86. The summed E-state index contributed by atoms with van der Waals surface area (Å²) in [4.78, 5) is 27.2. The van der Waals surface area contributed by atoms with Crippen molar-refractivity contribution in [3.05, 3.63) is 0 Å². The highest BCUT2D eigenvalue weighted by Gasteiger charge is 2.25. The number of carbonyl (C=O) groups excluding carboxylic acids is 1. The molecular formula is C15H28N2O3. The van der Waals surface area contributed by atoms with Gasteiger partial charge in [0.05, 0.1) is 6.54 Å². The Hall–Kier alpha value is -1.10. The standard InChI is InChI=1S/C15H28N2O3/c1-3-6-13(7-4-2)15(20)17-9-5-8-16(10-11-17)12-14(18)19/h13H,3-12H2,1-2H3,(H,18,19). The second kappa shape index (κ2) is 8.95. The van der Waals surface area contributed by atoms with Gasteiger partial charge in [-0.15, -0.1) is 0 Å². The minimum absolute atomic E-state index is 0.0787. The molecule has 116 valence electrons. The molecule has 1 N–H and O–H groups in total. The Labute approximate surface area is 121 Å². The lowest BCUT2D eigenvalue weighted by Gasteiger charge is -2.26. The lowest BCUT2D eigenvalue weighted by molar-refractivity contribution is -0.138. The van der Waals surface area contributed by atoms with Gasteiger partial charge < -0.3 is 10.0 Å². The molecule has 0 atom stereocenters. The van der Waals surface area contributed by atoms with Gasteiger partial charge in [0.15, 0.2) is 0 Å². The highest BCUT2D eigenvalue weighted by Crippen LogP contribution is 2.18. The minimum atomic E-state index is -0.792. The Morgan fingerprint density at radius 2 is 1.70 bits per heavy atom. The Kier molecular flexibility index (Phi) is 7.59. The van der Waals surface area contributed by atoms with E-state index in [1.165, 1.54) is 0 Å². The van der Waals surface area contributed by atoms with Gasteiger partial charge in [-0.05, 0) is 19.3 Å². The first-order valence-corrected chi connectivity index (χ1v) is 7.81. The molecule has 5 nitrogen and oxygen atoms in total. The van der Waals surface area contributed by atoms with Crippen LogP contribution in [0.5, 0.6) is 0 Å². The Bertz CT molecular complexity index is 314. The van der Waals surface area contributed by atoms with Gasteiger partial charge in [-0.3, -0.25) is 14.5 Å². The van der Waals surface area contributed by atoms with Crippen LogP contribution in [0, 0.1) is 5.92 Å². The summed E-state index contributed by atoms with van der Waals surface area (Å²) in [5, 5.41) is 8.84. The SMILES string of the molecule is CCCC(CCC)C(=O)N1CCCN(CC(=O)O)CC1. The summed E-state index contributed by atoms with van der Waals surface area (Å²) in [5.41, 5.74) is 0. The number of aliphatic carboxylic acids is 1. The fraction of sp³-hybridized carbons (Fsp3) is 0.867. The maximum Gasteiger partial charge on any atom is 0.317 e. The monoisotopic (exact) mass is 284 g/mol. The quantitative estimate of drug-likeness (QED) is 0.774. The topological polar surface area (TPSA) is 60.9 Å². The molecule has 0 radical (unpaired) electrons. The summed E-state index contributed by atoms with van der Waals surface area (Å²) in [6, 6.07) is 0. The maximum absolute atomic E-state index is 12.6. The molecular weight excluding hydrogens is 256 g/mol. The van der Waals surface area contributed by atoms with E-state index in [2.05, 4.69) is 13.8 Å². The van der Waals surface area contributed by atoms with Gasteiger partial charge in [0.25, 0.3) is 0 Å². The number of nitrogens with zero attached hydrogens (tertiary/aromatic N) is 2. The van der Waals surface area contributed by atoms with Gasteiger partial charge in [-0.25, -0.2) is 0 Å². The molecule has 0 aromatic heterocycles. The minimum Gasteiger partial charge on any atom is -0.480 e. The van der Waals surface area contributed by atoms with Crippen LogP contribution in [0.4, 0.5) is 0 Å². The molecule has 20 heavy (non-hydrogen) atoms. The molecule has 1 fully saturated rings. The lowest BCUT2D eigenvalue weighted by Crippen LogP contribution is -2.39. The molecule has 0 unspecified atom stereocenters. The summed E-state index contributed by atoms with van der Waals surface area (Å²) in [7, 11) is 0. The third-order valence-corrected chi connectivity index (χ3v) is 3.88. The molecule has 1 aliphatic heterocycles. The van der Waals surface area contributed by atoms with Crippen LogP contribution in [0.2, 0.25) is 0 Å². The van der Waals surface area contributed by atoms with Crippen molar-refractivity contribution in [3.63, 3.8) is 0 Å². The van der Waals surface area contributed by atoms with Crippen molar-refractivity contribution in [1.82, 2.24) is 9.80 Å². The first kappa shape index (κ1) is 17.0. The van der Waals surface area contributed by atoms with Gasteiger partial charge in [0.1, 0.15) is 0 Å². The normalized spacial score (nSPS) is 17.2. The average molecular weight is 284 g/mol. The zero-order chi connectivity index (χ0) is 15.0. The fourth-order valence-electron chi connectivity index (χ4n) is 2.89. The molecule has 1 saturated heterocycles. The molecule has 0 aromatic carbocycles. The van der Waals surface area contributed by atoms with E-state index < -0.39 is 5.97 Å². The van der Waals surface area contributed by atoms with Crippen LogP contribution in [0.3, 0.4) is 0 Å². The first-order chi connectivity index (χ1) is 9.58. The van der Waals surface area contributed by atoms with Gasteiger partial charge in [0.2, 0.25) is 5.91 Å². The molecule has 1 rings (SSSR count). The summed E-state index contributed by atoms with van der Waals surface area (Å²) in [5.74, 6) is -0.374. The van der Waals surface area contributed by atoms with E-state index in [-0.39, 0.29) is 18.4 Å². The Morgan fingerprint density at radius 3 is 2.25 bits per heavy atom. The maximum atomic E-state index is 12.6. The summed E-state index contributed by atoms with van der Waals surface area (Å²) >= 11 is 0. The number of rotatable bonds is 7. The van der Waals surface area contributed by atoms with Crippen LogP contribution in [-0.4, -0.2) is 59.5 Å². The number of carboxylic acid groups (broad SMARTS) is 1. The van der Waals surface area contributed by atoms with E-state index in [0.29, 0.717) is 13.1 Å². The van der Waals surface area contributed by atoms with Crippen molar-refractivity contribution in [2.75, 3.05) is 32.7 Å². The Morgan fingerprint density at radius 1 is 1.05 bits per heavy atom. The van der Waals surface area contributed by atoms with E-state index in [9.17, 15) is 9.59 Å². The largest absolute Gasteiger partial charge is 0.480 e. The Balaban J connectivity index is 2.53. The molecule has 0 spiro atoms. The summed E-state index contributed by atoms with van der Waals surface area (Å²) < 4.78 is 0. The number of amides is 1. The van der Waals surface area contributed by atoms with Crippen molar-refractivity contribution in [2.24, 2.45) is 5.92 Å². The molecule has 0 bridgehead atoms. The second-order valence-electron chi connectivity index (χ2n) is 5.62. The molecule has 1 amide bonds. The molecule has 0 saturated carbocycles. The number of hydrogen-bond acceptors (Lipinski definition) is 3. The van der Waals surface area contributed by atoms with E-state index >= 15 is 0 Å². The van der Waals surface area contributed by atoms with Gasteiger partial charge >= 0.3 is 5.97 Å². The second-order valence-corrected chi connectivity index (χ2v) is 5.62. The highest BCUT2D eigenvalue weighted by molar-refractivity contribution is 5.78. The average Bonchev–Trinajstić information content (AvgIpc) is 2.62. The van der Waals surface area contributed by atoms with E-state index in [0.717, 1.165) is 45.2 Å². The van der Waals surface area contributed by atoms with Gasteiger partial charge in [-0.2, -0.15) is 0 Å². The highest BCUT2D eigenvalue weighted by atomic mass is 16.4. The molecule has 5 heteroatoms. The lowest BCUT2D eigenvalue weighted by atomic mass is 9.96.